The van der Waals surface area contributed by atoms with Crippen LogP contribution in [-0.2, 0) is 0 Å². The summed E-state index contributed by atoms with van der Waals surface area (Å²) < 4.78 is 0. The van der Waals surface area contributed by atoms with Crippen molar-refractivity contribution in [2.45, 2.75) is 19.8 Å². The number of hydrogen-bond acceptors (Lipinski definition) is 2. The summed E-state index contributed by atoms with van der Waals surface area (Å²) in [6, 6.07) is 0. The Morgan fingerprint density at radius 3 is 2.70 bits per heavy atom. The standard InChI is InChI=1S/C6H15N3S/c1-3-4-5-8-6(10)9(2)7/h3-5,7H2,1-2H3,(H,8,10). The van der Waals surface area contributed by atoms with Crippen LogP contribution in [0.3, 0.4) is 0 Å². The minimum atomic E-state index is 0.605. The van der Waals surface area contributed by atoms with Gasteiger partial charge in [0.2, 0.25) is 0 Å². The number of nitrogens with zero attached hydrogens (tertiary/aromatic N) is 1. The summed E-state index contributed by atoms with van der Waals surface area (Å²) in [6.45, 7) is 3.05. The van der Waals surface area contributed by atoms with E-state index in [9.17, 15) is 0 Å². The second-order valence-electron chi connectivity index (χ2n) is 2.20. The van der Waals surface area contributed by atoms with Gasteiger partial charge in [-0.1, -0.05) is 13.3 Å². The average Bonchev–Trinajstić information content (AvgIpc) is 1.88. The van der Waals surface area contributed by atoms with Crippen LogP contribution in [0.1, 0.15) is 19.8 Å². The zero-order chi connectivity index (χ0) is 7.98. The van der Waals surface area contributed by atoms with Crippen molar-refractivity contribution >= 4 is 17.3 Å². The Morgan fingerprint density at radius 2 is 2.30 bits per heavy atom. The van der Waals surface area contributed by atoms with Crippen LogP contribution >= 0.6 is 12.2 Å². The summed E-state index contributed by atoms with van der Waals surface area (Å²) in [5.74, 6) is 5.35. The molecule has 0 aliphatic carbocycles. The summed E-state index contributed by atoms with van der Waals surface area (Å²) in [6.07, 6.45) is 2.30. The first-order valence-electron chi connectivity index (χ1n) is 3.44. The maximum atomic E-state index is 5.35. The van der Waals surface area contributed by atoms with Gasteiger partial charge in [-0.3, -0.25) is 5.01 Å². The van der Waals surface area contributed by atoms with E-state index in [1.807, 2.05) is 0 Å². The van der Waals surface area contributed by atoms with E-state index in [0.29, 0.717) is 5.11 Å². The van der Waals surface area contributed by atoms with Crippen LogP contribution in [0.5, 0.6) is 0 Å². The molecule has 0 fully saturated rings. The molecule has 0 spiro atoms. The van der Waals surface area contributed by atoms with Crippen LogP contribution in [-0.4, -0.2) is 23.7 Å². The molecule has 0 saturated carbocycles. The first-order valence-corrected chi connectivity index (χ1v) is 3.85. The van der Waals surface area contributed by atoms with Gasteiger partial charge < -0.3 is 5.32 Å². The topological polar surface area (TPSA) is 41.3 Å². The molecule has 60 valence electrons. The minimum absolute atomic E-state index is 0.605. The van der Waals surface area contributed by atoms with Crippen LogP contribution in [0.25, 0.3) is 0 Å². The Balaban J connectivity index is 3.22. The highest BCUT2D eigenvalue weighted by atomic mass is 32.1. The van der Waals surface area contributed by atoms with E-state index in [4.69, 9.17) is 18.1 Å². The maximum Gasteiger partial charge on any atom is 0.183 e. The molecular formula is C6H15N3S. The summed E-state index contributed by atoms with van der Waals surface area (Å²) in [4.78, 5) is 0. The van der Waals surface area contributed by atoms with Crippen molar-refractivity contribution in [2.24, 2.45) is 5.84 Å². The lowest BCUT2D eigenvalue weighted by Gasteiger charge is -2.14. The van der Waals surface area contributed by atoms with Crippen molar-refractivity contribution in [3.05, 3.63) is 0 Å². The van der Waals surface area contributed by atoms with Gasteiger partial charge in [-0.15, -0.1) is 0 Å². The van der Waals surface area contributed by atoms with Gasteiger partial charge in [-0.05, 0) is 18.6 Å². The number of hydrazine groups is 1. The van der Waals surface area contributed by atoms with E-state index < -0.39 is 0 Å². The lowest BCUT2D eigenvalue weighted by atomic mass is 10.3. The smallest absolute Gasteiger partial charge is 0.183 e. The second-order valence-corrected chi connectivity index (χ2v) is 2.58. The zero-order valence-corrected chi connectivity index (χ0v) is 7.37. The van der Waals surface area contributed by atoms with Gasteiger partial charge in [0.15, 0.2) is 5.11 Å². The summed E-state index contributed by atoms with van der Waals surface area (Å²) in [5, 5.41) is 5.03. The molecule has 0 rings (SSSR count). The van der Waals surface area contributed by atoms with E-state index in [2.05, 4.69) is 12.2 Å². The number of unbranched alkanes of at least 4 members (excludes halogenated alkanes) is 1. The number of hydrogen-bond donors (Lipinski definition) is 2. The van der Waals surface area contributed by atoms with E-state index in [-0.39, 0.29) is 0 Å². The molecule has 0 amide bonds. The summed E-state index contributed by atoms with van der Waals surface area (Å²) in [7, 11) is 1.72. The third-order valence-electron chi connectivity index (χ3n) is 1.13. The highest BCUT2D eigenvalue weighted by Crippen LogP contribution is 1.83. The molecule has 0 aromatic rings. The Hall–Kier alpha value is -0.350. The normalized spacial score (nSPS) is 9.10. The third-order valence-corrected chi connectivity index (χ3v) is 1.56. The average molecular weight is 161 g/mol. The predicted molar refractivity (Wildman–Crippen MR) is 47.5 cm³/mol. The quantitative estimate of drug-likeness (QED) is 0.273. The molecule has 0 aliphatic heterocycles. The molecule has 0 aromatic carbocycles. The van der Waals surface area contributed by atoms with E-state index in [1.165, 1.54) is 11.4 Å². The SMILES string of the molecule is CCCCNC(=S)N(C)N. The van der Waals surface area contributed by atoms with E-state index in [0.717, 1.165) is 13.0 Å². The van der Waals surface area contributed by atoms with Crippen LogP contribution in [0.15, 0.2) is 0 Å². The predicted octanol–water partition coefficient (Wildman–Crippen LogP) is 0.467. The number of rotatable bonds is 3. The number of thiocarbonyl (C=S) groups is 1. The van der Waals surface area contributed by atoms with Crippen molar-refractivity contribution < 1.29 is 0 Å². The van der Waals surface area contributed by atoms with Gasteiger partial charge in [0, 0.05) is 13.6 Å². The van der Waals surface area contributed by atoms with Gasteiger partial charge in [0.25, 0.3) is 0 Å². The lowest BCUT2D eigenvalue weighted by Crippen LogP contribution is -2.41. The van der Waals surface area contributed by atoms with Crippen LogP contribution in [0.2, 0.25) is 0 Å². The fraction of sp³-hybridized carbons (Fsp3) is 0.833. The largest absolute Gasteiger partial charge is 0.362 e. The van der Waals surface area contributed by atoms with E-state index in [1.54, 1.807) is 7.05 Å². The highest BCUT2D eigenvalue weighted by molar-refractivity contribution is 7.80. The van der Waals surface area contributed by atoms with Crippen LogP contribution < -0.4 is 11.2 Å². The molecule has 0 aliphatic rings. The molecule has 0 radical (unpaired) electrons. The van der Waals surface area contributed by atoms with Crippen LogP contribution in [0.4, 0.5) is 0 Å². The fourth-order valence-corrected chi connectivity index (χ4v) is 0.599. The molecule has 3 nitrogen and oxygen atoms in total. The summed E-state index contributed by atoms with van der Waals surface area (Å²) >= 11 is 4.88. The lowest BCUT2D eigenvalue weighted by molar-refractivity contribution is 0.522. The Kier molecular flexibility index (Phi) is 5.25. The maximum absolute atomic E-state index is 5.35. The van der Waals surface area contributed by atoms with Crippen molar-refractivity contribution in [1.29, 1.82) is 0 Å². The molecule has 10 heavy (non-hydrogen) atoms. The van der Waals surface area contributed by atoms with Crippen molar-refractivity contribution in [2.75, 3.05) is 13.6 Å². The first-order chi connectivity index (χ1) is 4.68. The Morgan fingerprint density at radius 1 is 1.70 bits per heavy atom. The van der Waals surface area contributed by atoms with Crippen molar-refractivity contribution in [3.8, 4) is 0 Å². The van der Waals surface area contributed by atoms with Gasteiger partial charge in [0.1, 0.15) is 0 Å². The van der Waals surface area contributed by atoms with Gasteiger partial charge in [0.05, 0.1) is 0 Å². The monoisotopic (exact) mass is 161 g/mol. The molecule has 0 atom stereocenters. The zero-order valence-electron chi connectivity index (χ0n) is 6.55. The van der Waals surface area contributed by atoms with Crippen molar-refractivity contribution in [1.82, 2.24) is 10.3 Å². The second kappa shape index (κ2) is 5.44. The Labute approximate surface area is 67.5 Å². The highest BCUT2D eigenvalue weighted by Gasteiger charge is 1.94. The molecule has 0 heterocycles. The molecule has 0 aromatic heterocycles. The Bertz CT molecular complexity index is 103. The van der Waals surface area contributed by atoms with Gasteiger partial charge >= 0.3 is 0 Å². The minimum Gasteiger partial charge on any atom is -0.362 e. The molecule has 0 unspecified atom stereocenters. The summed E-state index contributed by atoms with van der Waals surface area (Å²) in [5.41, 5.74) is 0. The number of nitrogens with two attached hydrogens (primary N) is 1. The van der Waals surface area contributed by atoms with Crippen LogP contribution in [0, 0.1) is 0 Å². The van der Waals surface area contributed by atoms with Gasteiger partial charge in [-0.25, -0.2) is 5.84 Å². The molecule has 0 saturated heterocycles. The number of nitrogens with one attached hydrogen (secondary N) is 1. The van der Waals surface area contributed by atoms with Crippen molar-refractivity contribution in [3.63, 3.8) is 0 Å². The molecule has 4 heteroatoms. The third kappa shape index (κ3) is 4.52. The molecular weight excluding hydrogens is 146 g/mol. The first kappa shape index (κ1) is 9.65. The fourth-order valence-electron chi connectivity index (χ4n) is 0.497. The molecule has 3 N–H and O–H groups in total. The molecule has 0 bridgehead atoms. The van der Waals surface area contributed by atoms with Gasteiger partial charge in [-0.2, -0.15) is 0 Å². The van der Waals surface area contributed by atoms with E-state index >= 15 is 0 Å².